The van der Waals surface area contributed by atoms with E-state index in [0.29, 0.717) is 18.9 Å². The van der Waals surface area contributed by atoms with E-state index in [9.17, 15) is 4.79 Å². The quantitative estimate of drug-likeness (QED) is 0.795. The van der Waals surface area contributed by atoms with Gasteiger partial charge in [0.2, 0.25) is 5.91 Å². The number of carbonyl (C=O) groups excluding carboxylic acids is 1. The van der Waals surface area contributed by atoms with Gasteiger partial charge in [0.05, 0.1) is 12.2 Å². The highest BCUT2D eigenvalue weighted by molar-refractivity contribution is 5.76. The number of nitrogens with zero attached hydrogens (tertiary/aromatic N) is 2. The fraction of sp³-hybridized carbons (Fsp3) is 0.583. The Morgan fingerprint density at radius 1 is 1.47 bits per heavy atom. The molecule has 92 valence electrons. The van der Waals surface area contributed by atoms with Crippen LogP contribution < -0.4 is 10.6 Å². The normalized spacial score (nSPS) is 16.7. The molecule has 0 bridgehead atoms. The van der Waals surface area contributed by atoms with Gasteiger partial charge in [-0.25, -0.2) is 0 Å². The number of carbonyl (C=O) groups is 1. The van der Waals surface area contributed by atoms with Crippen LogP contribution in [0.5, 0.6) is 0 Å². The van der Waals surface area contributed by atoms with Gasteiger partial charge in [0, 0.05) is 12.6 Å². The first kappa shape index (κ1) is 12.0. The van der Waals surface area contributed by atoms with Gasteiger partial charge in [0.25, 0.3) is 0 Å². The van der Waals surface area contributed by atoms with E-state index in [1.165, 1.54) is 0 Å². The molecule has 2 heterocycles. The second-order valence-corrected chi connectivity index (χ2v) is 4.39. The molecule has 0 radical (unpaired) electrons. The van der Waals surface area contributed by atoms with Crippen molar-refractivity contribution in [1.82, 2.24) is 20.8 Å². The van der Waals surface area contributed by atoms with Crippen LogP contribution >= 0.6 is 0 Å². The van der Waals surface area contributed by atoms with Crippen LogP contribution in [-0.2, 0) is 11.3 Å². The summed E-state index contributed by atoms with van der Waals surface area (Å²) in [6.07, 6.45) is 4.44. The minimum absolute atomic E-state index is 0.113. The van der Waals surface area contributed by atoms with Crippen molar-refractivity contribution in [3.05, 3.63) is 24.0 Å². The first-order valence-electron chi connectivity index (χ1n) is 6.08. The van der Waals surface area contributed by atoms with Gasteiger partial charge in [-0.15, -0.1) is 0 Å². The Morgan fingerprint density at radius 3 is 3.00 bits per heavy atom. The molecule has 1 aliphatic heterocycles. The van der Waals surface area contributed by atoms with Crippen LogP contribution in [0.3, 0.4) is 0 Å². The molecule has 1 saturated heterocycles. The number of nitrogens with one attached hydrogen (secondary N) is 2. The van der Waals surface area contributed by atoms with Crippen molar-refractivity contribution in [1.29, 1.82) is 0 Å². The van der Waals surface area contributed by atoms with E-state index in [-0.39, 0.29) is 5.91 Å². The largest absolute Gasteiger partial charge is 0.350 e. The molecule has 2 N–H and O–H groups in total. The molecule has 1 aliphatic rings. The fourth-order valence-electron chi connectivity index (χ4n) is 2.04. The van der Waals surface area contributed by atoms with E-state index >= 15 is 0 Å². The van der Waals surface area contributed by atoms with Crippen LogP contribution in [0, 0.1) is 5.92 Å². The summed E-state index contributed by atoms with van der Waals surface area (Å²) in [5, 5.41) is 13.9. The summed E-state index contributed by atoms with van der Waals surface area (Å²) in [4.78, 5) is 11.7. The predicted octanol–water partition coefficient (Wildman–Crippen LogP) is 0.482. The first-order chi connectivity index (χ1) is 8.34. The van der Waals surface area contributed by atoms with Gasteiger partial charge in [-0.2, -0.15) is 10.2 Å². The lowest BCUT2D eigenvalue weighted by molar-refractivity contribution is -0.122. The minimum Gasteiger partial charge on any atom is -0.350 e. The third-order valence-corrected chi connectivity index (χ3v) is 3.03. The zero-order valence-electron chi connectivity index (χ0n) is 9.85. The van der Waals surface area contributed by atoms with Crippen LogP contribution in [0.25, 0.3) is 0 Å². The van der Waals surface area contributed by atoms with Crippen LogP contribution in [0.2, 0.25) is 0 Å². The Bertz CT molecular complexity index is 349. The molecular formula is C12H18N4O. The molecule has 1 amide bonds. The summed E-state index contributed by atoms with van der Waals surface area (Å²) < 4.78 is 0. The van der Waals surface area contributed by atoms with Gasteiger partial charge in [-0.1, -0.05) is 0 Å². The minimum atomic E-state index is 0.113. The highest BCUT2D eigenvalue weighted by atomic mass is 16.1. The van der Waals surface area contributed by atoms with Crippen molar-refractivity contribution in [3.63, 3.8) is 0 Å². The smallest absolute Gasteiger partial charge is 0.220 e. The van der Waals surface area contributed by atoms with E-state index in [0.717, 1.165) is 31.6 Å². The van der Waals surface area contributed by atoms with Crippen molar-refractivity contribution in [2.75, 3.05) is 13.1 Å². The predicted molar refractivity (Wildman–Crippen MR) is 64.1 cm³/mol. The third-order valence-electron chi connectivity index (χ3n) is 3.03. The van der Waals surface area contributed by atoms with E-state index in [1.807, 2.05) is 12.1 Å². The van der Waals surface area contributed by atoms with Gasteiger partial charge in [0.15, 0.2) is 0 Å². The zero-order chi connectivity index (χ0) is 11.9. The highest BCUT2D eigenvalue weighted by Gasteiger charge is 2.16. The Kier molecular flexibility index (Phi) is 4.44. The average molecular weight is 234 g/mol. The van der Waals surface area contributed by atoms with E-state index in [4.69, 9.17) is 0 Å². The second-order valence-electron chi connectivity index (χ2n) is 4.39. The van der Waals surface area contributed by atoms with Crippen molar-refractivity contribution < 1.29 is 4.79 Å². The monoisotopic (exact) mass is 234 g/mol. The van der Waals surface area contributed by atoms with E-state index in [2.05, 4.69) is 20.8 Å². The third kappa shape index (κ3) is 4.11. The van der Waals surface area contributed by atoms with Crippen molar-refractivity contribution >= 4 is 5.91 Å². The van der Waals surface area contributed by atoms with Crippen molar-refractivity contribution in [2.45, 2.75) is 25.8 Å². The molecule has 17 heavy (non-hydrogen) atoms. The molecular weight excluding hydrogens is 216 g/mol. The lowest BCUT2D eigenvalue weighted by Gasteiger charge is -2.21. The Labute approximate surface area is 101 Å². The van der Waals surface area contributed by atoms with Gasteiger partial charge in [-0.3, -0.25) is 4.79 Å². The van der Waals surface area contributed by atoms with Gasteiger partial charge in [-0.05, 0) is 44.0 Å². The Hall–Kier alpha value is -1.49. The molecule has 1 aromatic rings. The van der Waals surface area contributed by atoms with Crippen LogP contribution in [0.1, 0.15) is 25.0 Å². The van der Waals surface area contributed by atoms with Crippen LogP contribution in [0.15, 0.2) is 18.3 Å². The lowest BCUT2D eigenvalue weighted by Crippen LogP contribution is -2.32. The SMILES string of the molecule is O=C(CC1CCNCC1)NCc1cccnn1. The number of aromatic nitrogens is 2. The summed E-state index contributed by atoms with van der Waals surface area (Å²) in [7, 11) is 0. The maximum atomic E-state index is 11.7. The molecule has 2 rings (SSSR count). The topological polar surface area (TPSA) is 66.9 Å². The summed E-state index contributed by atoms with van der Waals surface area (Å²) >= 11 is 0. The number of piperidine rings is 1. The molecule has 0 aliphatic carbocycles. The zero-order valence-corrected chi connectivity index (χ0v) is 9.85. The summed E-state index contributed by atoms with van der Waals surface area (Å²) in [5.74, 6) is 0.640. The standard InChI is InChI=1S/C12H18N4O/c17-12(8-10-3-6-13-7-4-10)14-9-11-2-1-5-15-16-11/h1-2,5,10,13H,3-4,6-9H2,(H,14,17). The molecule has 1 aromatic heterocycles. The molecule has 0 spiro atoms. The van der Waals surface area contributed by atoms with Crippen molar-refractivity contribution in [2.24, 2.45) is 5.92 Å². The average Bonchev–Trinajstić information content (AvgIpc) is 2.39. The number of amides is 1. The molecule has 5 heteroatoms. The maximum absolute atomic E-state index is 11.7. The number of hydrogen-bond donors (Lipinski definition) is 2. The molecule has 0 saturated carbocycles. The van der Waals surface area contributed by atoms with Gasteiger partial charge >= 0.3 is 0 Å². The first-order valence-corrected chi connectivity index (χ1v) is 6.08. The molecule has 0 aromatic carbocycles. The van der Waals surface area contributed by atoms with Crippen LogP contribution in [0.4, 0.5) is 0 Å². The van der Waals surface area contributed by atoms with Crippen molar-refractivity contribution in [3.8, 4) is 0 Å². The Morgan fingerprint density at radius 2 is 2.29 bits per heavy atom. The molecule has 0 unspecified atom stereocenters. The van der Waals surface area contributed by atoms with Gasteiger partial charge in [0.1, 0.15) is 0 Å². The fourth-order valence-corrected chi connectivity index (χ4v) is 2.04. The highest BCUT2D eigenvalue weighted by Crippen LogP contribution is 2.15. The summed E-state index contributed by atoms with van der Waals surface area (Å²) in [6.45, 7) is 2.53. The maximum Gasteiger partial charge on any atom is 0.220 e. The summed E-state index contributed by atoms with van der Waals surface area (Å²) in [5.41, 5.74) is 0.797. The molecule has 1 fully saturated rings. The molecule has 0 atom stereocenters. The van der Waals surface area contributed by atoms with Crippen LogP contribution in [-0.4, -0.2) is 29.2 Å². The van der Waals surface area contributed by atoms with E-state index < -0.39 is 0 Å². The van der Waals surface area contributed by atoms with E-state index in [1.54, 1.807) is 6.20 Å². The molecule has 5 nitrogen and oxygen atoms in total. The Balaban J connectivity index is 1.70. The lowest BCUT2D eigenvalue weighted by atomic mass is 9.94. The summed E-state index contributed by atoms with van der Waals surface area (Å²) in [6, 6.07) is 3.68. The number of rotatable bonds is 4. The number of hydrogen-bond acceptors (Lipinski definition) is 4. The second kappa shape index (κ2) is 6.30. The van der Waals surface area contributed by atoms with Gasteiger partial charge < -0.3 is 10.6 Å².